The van der Waals surface area contributed by atoms with Gasteiger partial charge in [0.15, 0.2) is 0 Å². The lowest BCUT2D eigenvalue weighted by Gasteiger charge is -2.25. The average Bonchev–Trinajstić information content (AvgIpc) is 3.10. The van der Waals surface area contributed by atoms with Gasteiger partial charge in [-0.1, -0.05) is 18.2 Å². The minimum atomic E-state index is 0.0663. The zero-order valence-electron chi connectivity index (χ0n) is 14.2. The van der Waals surface area contributed by atoms with Crippen molar-refractivity contribution in [2.24, 2.45) is 0 Å². The Morgan fingerprint density at radius 2 is 2.17 bits per heavy atom. The van der Waals surface area contributed by atoms with Crippen molar-refractivity contribution in [2.75, 3.05) is 25.5 Å². The summed E-state index contributed by atoms with van der Waals surface area (Å²) in [6.45, 7) is 0.813. The van der Waals surface area contributed by atoms with Crippen LogP contribution in [0.3, 0.4) is 0 Å². The summed E-state index contributed by atoms with van der Waals surface area (Å²) in [5, 5.41) is 0. The highest BCUT2D eigenvalue weighted by molar-refractivity contribution is 5.92. The lowest BCUT2D eigenvalue weighted by atomic mass is 10.0. The molecule has 0 radical (unpaired) electrons. The predicted molar refractivity (Wildman–Crippen MR) is 97.7 cm³/mol. The Morgan fingerprint density at radius 3 is 2.92 bits per heavy atom. The van der Waals surface area contributed by atoms with Gasteiger partial charge in [-0.3, -0.25) is 9.78 Å². The van der Waals surface area contributed by atoms with Crippen LogP contribution in [0, 0.1) is 0 Å². The molecule has 0 spiro atoms. The van der Waals surface area contributed by atoms with E-state index in [2.05, 4.69) is 34.1 Å². The van der Waals surface area contributed by atoms with Gasteiger partial charge in [0.05, 0.1) is 6.04 Å². The van der Waals surface area contributed by atoms with Gasteiger partial charge in [-0.15, -0.1) is 0 Å². The number of likely N-dealkylation sites (tertiary alicyclic amines) is 1. The van der Waals surface area contributed by atoms with Crippen LogP contribution in [0.5, 0.6) is 0 Å². The topological polar surface area (TPSA) is 36.4 Å². The molecule has 0 aliphatic carbocycles. The monoisotopic (exact) mass is 321 g/mol. The summed E-state index contributed by atoms with van der Waals surface area (Å²) in [5.41, 5.74) is 3.32. The SMILES string of the molecule is CN(C)c1cccc([C@H]2CCCN2C(=O)/C=C\c2cccnc2)c1. The highest BCUT2D eigenvalue weighted by atomic mass is 16.2. The molecule has 1 atom stereocenters. The first kappa shape index (κ1) is 16.2. The second-order valence-electron chi connectivity index (χ2n) is 6.30. The maximum Gasteiger partial charge on any atom is 0.247 e. The number of amides is 1. The van der Waals surface area contributed by atoms with Crippen molar-refractivity contribution in [1.29, 1.82) is 0 Å². The van der Waals surface area contributed by atoms with E-state index in [9.17, 15) is 4.79 Å². The molecule has 4 heteroatoms. The first-order valence-electron chi connectivity index (χ1n) is 8.31. The molecule has 0 unspecified atom stereocenters. The molecule has 124 valence electrons. The summed E-state index contributed by atoms with van der Waals surface area (Å²) < 4.78 is 0. The van der Waals surface area contributed by atoms with Gasteiger partial charge in [0, 0.05) is 44.8 Å². The van der Waals surface area contributed by atoms with Crippen LogP contribution in [-0.4, -0.2) is 36.4 Å². The highest BCUT2D eigenvalue weighted by Gasteiger charge is 2.28. The minimum Gasteiger partial charge on any atom is -0.378 e. The minimum absolute atomic E-state index is 0.0663. The van der Waals surface area contributed by atoms with E-state index in [1.54, 1.807) is 18.5 Å². The first-order chi connectivity index (χ1) is 11.6. The van der Waals surface area contributed by atoms with Gasteiger partial charge in [-0.25, -0.2) is 0 Å². The predicted octanol–water partition coefficient (Wildman–Crippen LogP) is 3.52. The first-order valence-corrected chi connectivity index (χ1v) is 8.31. The molecule has 4 nitrogen and oxygen atoms in total. The summed E-state index contributed by atoms with van der Waals surface area (Å²) in [4.78, 5) is 20.8. The average molecular weight is 321 g/mol. The van der Waals surface area contributed by atoms with Crippen molar-refractivity contribution in [2.45, 2.75) is 18.9 Å². The molecule has 1 saturated heterocycles. The van der Waals surface area contributed by atoms with Crippen molar-refractivity contribution in [3.8, 4) is 0 Å². The zero-order chi connectivity index (χ0) is 16.9. The van der Waals surface area contributed by atoms with Crippen LogP contribution in [0.2, 0.25) is 0 Å². The van der Waals surface area contributed by atoms with Crippen LogP contribution >= 0.6 is 0 Å². The van der Waals surface area contributed by atoms with Gasteiger partial charge in [0.25, 0.3) is 0 Å². The number of hydrogen-bond donors (Lipinski definition) is 0. The fraction of sp³-hybridized carbons (Fsp3) is 0.300. The Balaban J connectivity index is 1.76. The largest absolute Gasteiger partial charge is 0.378 e. The third kappa shape index (κ3) is 3.65. The molecule has 24 heavy (non-hydrogen) atoms. The molecule has 1 aromatic heterocycles. The molecular formula is C20H23N3O. The van der Waals surface area contributed by atoms with E-state index in [0.29, 0.717) is 0 Å². The molecule has 1 aromatic carbocycles. The zero-order valence-corrected chi connectivity index (χ0v) is 14.2. The fourth-order valence-electron chi connectivity index (χ4n) is 3.13. The normalized spacial score (nSPS) is 17.4. The molecular weight excluding hydrogens is 298 g/mol. The molecule has 1 fully saturated rings. The third-order valence-electron chi connectivity index (χ3n) is 4.41. The standard InChI is InChI=1S/C20H23N3O/c1-22(2)18-8-3-7-17(14-18)19-9-5-13-23(19)20(24)11-10-16-6-4-12-21-15-16/h3-4,6-8,10-12,14-15,19H,5,9,13H2,1-2H3/b11-10-/t19-/m1/s1. The van der Waals surface area contributed by atoms with Crippen molar-refractivity contribution >= 4 is 17.7 Å². The fourth-order valence-corrected chi connectivity index (χ4v) is 3.13. The number of carbonyl (C=O) groups excluding carboxylic acids is 1. The Hall–Kier alpha value is -2.62. The van der Waals surface area contributed by atoms with Gasteiger partial charge in [-0.05, 0) is 48.2 Å². The Bertz CT molecular complexity index is 725. The van der Waals surface area contributed by atoms with E-state index in [4.69, 9.17) is 0 Å². The lowest BCUT2D eigenvalue weighted by molar-refractivity contribution is -0.126. The van der Waals surface area contributed by atoms with Gasteiger partial charge < -0.3 is 9.80 Å². The maximum absolute atomic E-state index is 12.6. The highest BCUT2D eigenvalue weighted by Crippen LogP contribution is 2.33. The van der Waals surface area contributed by atoms with Crippen molar-refractivity contribution in [1.82, 2.24) is 9.88 Å². The number of pyridine rings is 1. The van der Waals surface area contributed by atoms with Crippen LogP contribution < -0.4 is 4.90 Å². The molecule has 0 bridgehead atoms. The molecule has 2 heterocycles. The Kier molecular flexibility index (Phi) is 4.94. The van der Waals surface area contributed by atoms with Gasteiger partial charge in [-0.2, -0.15) is 0 Å². The van der Waals surface area contributed by atoms with Crippen molar-refractivity contribution < 1.29 is 4.79 Å². The Morgan fingerprint density at radius 1 is 1.29 bits per heavy atom. The summed E-state index contributed by atoms with van der Waals surface area (Å²) in [6.07, 6.45) is 9.04. The van der Waals surface area contributed by atoms with Gasteiger partial charge in [0.1, 0.15) is 0 Å². The second kappa shape index (κ2) is 7.30. The summed E-state index contributed by atoms with van der Waals surface area (Å²) in [6, 6.07) is 12.4. The van der Waals surface area contributed by atoms with Crippen molar-refractivity contribution in [3.63, 3.8) is 0 Å². The number of hydrogen-bond acceptors (Lipinski definition) is 3. The Labute approximate surface area is 143 Å². The van der Waals surface area contributed by atoms with E-state index in [-0.39, 0.29) is 11.9 Å². The molecule has 1 amide bonds. The smallest absolute Gasteiger partial charge is 0.247 e. The summed E-state index contributed by atoms with van der Waals surface area (Å²) >= 11 is 0. The number of aromatic nitrogens is 1. The third-order valence-corrected chi connectivity index (χ3v) is 4.41. The maximum atomic E-state index is 12.6. The number of nitrogens with zero attached hydrogens (tertiary/aromatic N) is 3. The van der Waals surface area contributed by atoms with Crippen LogP contribution in [0.4, 0.5) is 5.69 Å². The van der Waals surface area contributed by atoms with E-state index < -0.39 is 0 Å². The van der Waals surface area contributed by atoms with Gasteiger partial charge >= 0.3 is 0 Å². The molecule has 3 rings (SSSR count). The number of carbonyl (C=O) groups is 1. The van der Waals surface area contributed by atoms with Crippen molar-refractivity contribution in [3.05, 3.63) is 66.0 Å². The summed E-state index contributed by atoms with van der Waals surface area (Å²) in [5.74, 6) is 0.0663. The van der Waals surface area contributed by atoms with E-state index in [1.165, 1.54) is 5.56 Å². The number of anilines is 1. The summed E-state index contributed by atoms with van der Waals surface area (Å²) in [7, 11) is 4.07. The van der Waals surface area contributed by atoms with Crippen LogP contribution in [-0.2, 0) is 4.79 Å². The van der Waals surface area contributed by atoms with E-state index in [0.717, 1.165) is 30.6 Å². The van der Waals surface area contributed by atoms with Crippen LogP contribution in [0.25, 0.3) is 6.08 Å². The number of benzene rings is 1. The molecule has 0 N–H and O–H groups in total. The number of rotatable bonds is 4. The molecule has 1 aliphatic rings. The molecule has 2 aromatic rings. The quantitative estimate of drug-likeness (QED) is 0.808. The molecule has 1 aliphatic heterocycles. The van der Waals surface area contributed by atoms with E-state index >= 15 is 0 Å². The lowest BCUT2D eigenvalue weighted by Crippen LogP contribution is -2.29. The van der Waals surface area contributed by atoms with Gasteiger partial charge in [0.2, 0.25) is 5.91 Å². The second-order valence-corrected chi connectivity index (χ2v) is 6.30. The van der Waals surface area contributed by atoms with Crippen LogP contribution in [0.1, 0.15) is 30.0 Å². The van der Waals surface area contributed by atoms with E-state index in [1.807, 2.05) is 37.2 Å². The van der Waals surface area contributed by atoms with Crippen LogP contribution in [0.15, 0.2) is 54.9 Å². The molecule has 0 saturated carbocycles.